The van der Waals surface area contributed by atoms with Crippen molar-refractivity contribution in [1.29, 1.82) is 0 Å². The monoisotopic (exact) mass is 129 g/mol. The molecule has 0 aliphatic heterocycles. The summed E-state index contributed by atoms with van der Waals surface area (Å²) in [5, 5.41) is 0. The number of allylic oxidation sites excluding steroid dienone is 1. The molecular formula is C7H15NO. The topological polar surface area (TPSA) is 35.2 Å². The Bertz CT molecular complexity index is 88.9. The van der Waals surface area contributed by atoms with E-state index in [1.165, 1.54) is 0 Å². The molecule has 0 saturated carbocycles. The first-order valence-corrected chi connectivity index (χ1v) is 3.20. The van der Waals surface area contributed by atoms with Gasteiger partial charge < -0.3 is 10.5 Å². The van der Waals surface area contributed by atoms with E-state index in [9.17, 15) is 0 Å². The van der Waals surface area contributed by atoms with Crippen LogP contribution in [-0.2, 0) is 4.74 Å². The molecule has 2 heteroatoms. The van der Waals surface area contributed by atoms with Crippen LogP contribution >= 0.6 is 0 Å². The van der Waals surface area contributed by atoms with Gasteiger partial charge >= 0.3 is 0 Å². The average molecular weight is 129 g/mol. The summed E-state index contributed by atoms with van der Waals surface area (Å²) < 4.78 is 5.13. The van der Waals surface area contributed by atoms with Crippen molar-refractivity contribution in [3.05, 3.63) is 12.3 Å². The molecule has 0 fully saturated rings. The number of ether oxygens (including phenoxy) is 1. The second kappa shape index (κ2) is 4.39. The number of hydrogen-bond donors (Lipinski definition) is 1. The van der Waals surface area contributed by atoms with Crippen LogP contribution in [0.1, 0.15) is 13.8 Å². The number of hydrogen-bond acceptors (Lipinski definition) is 2. The molecule has 0 bridgehead atoms. The van der Waals surface area contributed by atoms with Gasteiger partial charge in [-0.05, 0) is 0 Å². The maximum Gasteiger partial charge on any atom is 0.0999 e. The van der Waals surface area contributed by atoms with Gasteiger partial charge in [-0.1, -0.05) is 20.4 Å². The lowest BCUT2D eigenvalue weighted by atomic mass is 10.2. The van der Waals surface area contributed by atoms with Crippen LogP contribution in [0.3, 0.4) is 0 Å². The molecule has 0 aromatic carbocycles. The molecule has 2 nitrogen and oxygen atoms in total. The second-order valence-corrected chi connectivity index (χ2v) is 2.26. The Morgan fingerprint density at radius 2 is 2.22 bits per heavy atom. The fourth-order valence-electron chi connectivity index (χ4n) is 0.357. The zero-order chi connectivity index (χ0) is 7.28. The van der Waals surface area contributed by atoms with Crippen molar-refractivity contribution in [2.24, 2.45) is 11.7 Å². The predicted molar refractivity (Wildman–Crippen MR) is 39.0 cm³/mol. The first kappa shape index (κ1) is 8.50. The van der Waals surface area contributed by atoms with E-state index < -0.39 is 0 Å². The summed E-state index contributed by atoms with van der Waals surface area (Å²) in [6, 6.07) is 0. The third-order valence-corrected chi connectivity index (χ3v) is 1.05. The Labute approximate surface area is 56.7 Å². The Morgan fingerprint density at radius 1 is 1.67 bits per heavy atom. The Kier molecular flexibility index (Phi) is 4.14. The van der Waals surface area contributed by atoms with Gasteiger partial charge in [0.15, 0.2) is 0 Å². The SMILES string of the molecule is C=C(OCCN)C(C)C. The van der Waals surface area contributed by atoms with Crippen molar-refractivity contribution in [1.82, 2.24) is 0 Å². The van der Waals surface area contributed by atoms with Crippen molar-refractivity contribution in [2.75, 3.05) is 13.2 Å². The van der Waals surface area contributed by atoms with Crippen LogP contribution in [0.2, 0.25) is 0 Å². The summed E-state index contributed by atoms with van der Waals surface area (Å²) in [7, 11) is 0. The van der Waals surface area contributed by atoms with Crippen molar-refractivity contribution in [3.63, 3.8) is 0 Å². The largest absolute Gasteiger partial charge is 0.497 e. The van der Waals surface area contributed by atoms with Crippen LogP contribution in [-0.4, -0.2) is 13.2 Å². The maximum absolute atomic E-state index is 5.21. The minimum Gasteiger partial charge on any atom is -0.497 e. The molecule has 0 saturated heterocycles. The zero-order valence-corrected chi connectivity index (χ0v) is 6.18. The highest BCUT2D eigenvalue weighted by atomic mass is 16.5. The van der Waals surface area contributed by atoms with Gasteiger partial charge in [-0.3, -0.25) is 0 Å². The van der Waals surface area contributed by atoms with Crippen LogP contribution < -0.4 is 5.73 Å². The molecule has 0 heterocycles. The van der Waals surface area contributed by atoms with Gasteiger partial charge in [0.1, 0.15) is 0 Å². The van der Waals surface area contributed by atoms with Crippen LogP contribution in [0.25, 0.3) is 0 Å². The Balaban J connectivity index is 3.28. The molecular weight excluding hydrogens is 114 g/mol. The summed E-state index contributed by atoms with van der Waals surface area (Å²) >= 11 is 0. The summed E-state index contributed by atoms with van der Waals surface area (Å²) in [5.74, 6) is 1.22. The Hall–Kier alpha value is -0.500. The van der Waals surface area contributed by atoms with Gasteiger partial charge in [-0.15, -0.1) is 0 Å². The average Bonchev–Trinajstić information content (AvgIpc) is 1.82. The van der Waals surface area contributed by atoms with Gasteiger partial charge in [-0.25, -0.2) is 0 Å². The standard InChI is InChI=1S/C7H15NO/c1-6(2)7(3)9-5-4-8/h6H,3-5,8H2,1-2H3. The van der Waals surface area contributed by atoms with Crippen LogP contribution in [0, 0.1) is 5.92 Å². The fraction of sp³-hybridized carbons (Fsp3) is 0.714. The molecule has 0 rings (SSSR count). The van der Waals surface area contributed by atoms with E-state index in [-0.39, 0.29) is 0 Å². The van der Waals surface area contributed by atoms with Gasteiger partial charge in [0.05, 0.1) is 12.4 Å². The number of nitrogens with two attached hydrogens (primary N) is 1. The minimum atomic E-state index is 0.400. The molecule has 2 N–H and O–H groups in total. The molecule has 0 spiro atoms. The van der Waals surface area contributed by atoms with Gasteiger partial charge in [0.25, 0.3) is 0 Å². The molecule has 0 radical (unpaired) electrons. The smallest absolute Gasteiger partial charge is 0.0999 e. The first-order chi connectivity index (χ1) is 4.18. The first-order valence-electron chi connectivity index (χ1n) is 3.20. The summed E-state index contributed by atoms with van der Waals surface area (Å²) in [5.41, 5.74) is 5.21. The van der Waals surface area contributed by atoms with E-state index >= 15 is 0 Å². The molecule has 0 atom stereocenters. The minimum absolute atomic E-state index is 0.400. The highest BCUT2D eigenvalue weighted by Gasteiger charge is 1.98. The van der Waals surface area contributed by atoms with Gasteiger partial charge in [0, 0.05) is 12.5 Å². The van der Waals surface area contributed by atoms with Crippen molar-refractivity contribution < 1.29 is 4.74 Å². The van der Waals surface area contributed by atoms with Crippen LogP contribution in [0.4, 0.5) is 0 Å². The molecule has 0 amide bonds. The van der Waals surface area contributed by atoms with E-state index in [2.05, 4.69) is 6.58 Å². The highest BCUT2D eigenvalue weighted by Crippen LogP contribution is 2.06. The van der Waals surface area contributed by atoms with E-state index in [4.69, 9.17) is 10.5 Å². The van der Waals surface area contributed by atoms with Crippen LogP contribution in [0.15, 0.2) is 12.3 Å². The van der Waals surface area contributed by atoms with Crippen molar-refractivity contribution in [2.45, 2.75) is 13.8 Å². The third kappa shape index (κ3) is 4.03. The molecule has 0 aliphatic carbocycles. The molecule has 0 aromatic heterocycles. The molecule has 54 valence electrons. The van der Waals surface area contributed by atoms with E-state index in [0.29, 0.717) is 19.1 Å². The summed E-state index contributed by atoms with van der Waals surface area (Å²) in [6.45, 7) is 8.94. The quantitative estimate of drug-likeness (QED) is 0.577. The fourth-order valence-corrected chi connectivity index (χ4v) is 0.357. The summed E-state index contributed by atoms with van der Waals surface area (Å²) in [4.78, 5) is 0. The predicted octanol–water partition coefficient (Wildman–Crippen LogP) is 1.13. The molecule has 0 aromatic rings. The molecule has 9 heavy (non-hydrogen) atoms. The molecule has 0 aliphatic rings. The normalized spacial score (nSPS) is 9.78. The lowest BCUT2D eigenvalue weighted by molar-refractivity contribution is 0.194. The number of rotatable bonds is 4. The van der Waals surface area contributed by atoms with Gasteiger partial charge in [-0.2, -0.15) is 0 Å². The molecule has 0 unspecified atom stereocenters. The lowest BCUT2D eigenvalue weighted by Crippen LogP contribution is -2.09. The third-order valence-electron chi connectivity index (χ3n) is 1.05. The van der Waals surface area contributed by atoms with Crippen molar-refractivity contribution in [3.8, 4) is 0 Å². The van der Waals surface area contributed by atoms with E-state index in [1.807, 2.05) is 13.8 Å². The van der Waals surface area contributed by atoms with Gasteiger partial charge in [0.2, 0.25) is 0 Å². The lowest BCUT2D eigenvalue weighted by Gasteiger charge is -2.09. The second-order valence-electron chi connectivity index (χ2n) is 2.26. The summed E-state index contributed by atoms with van der Waals surface area (Å²) in [6.07, 6.45) is 0. The zero-order valence-electron chi connectivity index (χ0n) is 6.18. The highest BCUT2D eigenvalue weighted by molar-refractivity contribution is 4.85. The Morgan fingerprint density at radius 3 is 2.56 bits per heavy atom. The van der Waals surface area contributed by atoms with Crippen molar-refractivity contribution >= 4 is 0 Å². The van der Waals surface area contributed by atoms with E-state index in [1.54, 1.807) is 0 Å². The van der Waals surface area contributed by atoms with Crippen LogP contribution in [0.5, 0.6) is 0 Å². The van der Waals surface area contributed by atoms with E-state index in [0.717, 1.165) is 5.76 Å². The maximum atomic E-state index is 5.21.